The Morgan fingerprint density at radius 2 is 1.80 bits per heavy atom. The standard InChI is InChI=1S/C13H10BrF2NO2S/c1-8-6-10(3-4-11(8)14)20(18,19)17-13-5-2-9(15)7-12(13)16/h2-7,17H,1H3. The molecular weight excluding hydrogens is 352 g/mol. The lowest BCUT2D eigenvalue weighted by Gasteiger charge is -2.10. The van der Waals surface area contributed by atoms with Crippen molar-refractivity contribution in [2.24, 2.45) is 0 Å². The number of rotatable bonds is 3. The molecule has 0 aromatic heterocycles. The Morgan fingerprint density at radius 3 is 2.40 bits per heavy atom. The van der Waals surface area contributed by atoms with Gasteiger partial charge in [0.25, 0.3) is 10.0 Å². The minimum Gasteiger partial charge on any atom is -0.277 e. The van der Waals surface area contributed by atoms with Gasteiger partial charge in [-0.15, -0.1) is 0 Å². The van der Waals surface area contributed by atoms with Crippen LogP contribution in [0.15, 0.2) is 45.8 Å². The van der Waals surface area contributed by atoms with Gasteiger partial charge in [0.1, 0.15) is 11.6 Å². The van der Waals surface area contributed by atoms with Crippen LogP contribution in [0, 0.1) is 18.6 Å². The van der Waals surface area contributed by atoms with Crippen LogP contribution in [0.25, 0.3) is 0 Å². The molecule has 0 saturated heterocycles. The van der Waals surface area contributed by atoms with Crippen LogP contribution in [-0.4, -0.2) is 8.42 Å². The van der Waals surface area contributed by atoms with Crippen LogP contribution in [0.1, 0.15) is 5.56 Å². The summed E-state index contributed by atoms with van der Waals surface area (Å²) in [5.41, 5.74) is 0.430. The van der Waals surface area contributed by atoms with Crippen molar-refractivity contribution >= 4 is 31.6 Å². The lowest BCUT2D eigenvalue weighted by Crippen LogP contribution is -2.14. The average molecular weight is 362 g/mol. The fourth-order valence-corrected chi connectivity index (χ4v) is 2.96. The van der Waals surface area contributed by atoms with Crippen molar-refractivity contribution in [2.75, 3.05) is 4.72 Å². The van der Waals surface area contributed by atoms with Crippen molar-refractivity contribution in [1.82, 2.24) is 0 Å². The number of sulfonamides is 1. The monoisotopic (exact) mass is 361 g/mol. The van der Waals surface area contributed by atoms with Gasteiger partial charge in [-0.1, -0.05) is 15.9 Å². The van der Waals surface area contributed by atoms with E-state index in [4.69, 9.17) is 0 Å². The molecule has 0 heterocycles. The van der Waals surface area contributed by atoms with E-state index in [1.165, 1.54) is 12.1 Å². The largest absolute Gasteiger partial charge is 0.277 e. The van der Waals surface area contributed by atoms with Crippen molar-refractivity contribution in [1.29, 1.82) is 0 Å². The third kappa shape index (κ3) is 3.16. The molecule has 20 heavy (non-hydrogen) atoms. The molecule has 0 bridgehead atoms. The van der Waals surface area contributed by atoms with Crippen LogP contribution >= 0.6 is 15.9 Å². The van der Waals surface area contributed by atoms with Crippen molar-refractivity contribution < 1.29 is 17.2 Å². The molecule has 2 rings (SSSR count). The molecule has 0 unspecified atom stereocenters. The molecule has 3 nitrogen and oxygen atoms in total. The highest BCUT2D eigenvalue weighted by molar-refractivity contribution is 9.10. The summed E-state index contributed by atoms with van der Waals surface area (Å²) in [7, 11) is -3.92. The third-order valence-electron chi connectivity index (χ3n) is 2.62. The van der Waals surface area contributed by atoms with Crippen molar-refractivity contribution in [2.45, 2.75) is 11.8 Å². The molecule has 0 aliphatic heterocycles. The minimum absolute atomic E-state index is 0.00178. The Morgan fingerprint density at radius 1 is 1.10 bits per heavy atom. The number of nitrogens with one attached hydrogen (secondary N) is 1. The van der Waals surface area contributed by atoms with E-state index in [1.807, 2.05) is 0 Å². The number of anilines is 1. The maximum atomic E-state index is 13.5. The van der Waals surface area contributed by atoms with Gasteiger partial charge in [-0.05, 0) is 42.8 Å². The van der Waals surface area contributed by atoms with Gasteiger partial charge in [0.2, 0.25) is 0 Å². The van der Waals surface area contributed by atoms with Crippen LogP contribution in [0.3, 0.4) is 0 Å². The number of hydrogen-bond acceptors (Lipinski definition) is 2. The van der Waals surface area contributed by atoms with E-state index in [9.17, 15) is 17.2 Å². The van der Waals surface area contributed by atoms with Crippen LogP contribution < -0.4 is 4.72 Å². The van der Waals surface area contributed by atoms with E-state index < -0.39 is 21.7 Å². The topological polar surface area (TPSA) is 46.2 Å². The first-order valence-corrected chi connectivity index (χ1v) is 7.81. The Hall–Kier alpha value is -1.47. The van der Waals surface area contributed by atoms with Gasteiger partial charge in [-0.3, -0.25) is 4.72 Å². The van der Waals surface area contributed by atoms with Crippen LogP contribution in [0.4, 0.5) is 14.5 Å². The maximum absolute atomic E-state index is 13.5. The molecule has 0 atom stereocenters. The molecule has 106 valence electrons. The van der Waals surface area contributed by atoms with Gasteiger partial charge in [-0.25, -0.2) is 17.2 Å². The molecule has 2 aromatic rings. The zero-order chi connectivity index (χ0) is 14.9. The van der Waals surface area contributed by atoms with E-state index in [1.54, 1.807) is 13.0 Å². The SMILES string of the molecule is Cc1cc(S(=O)(=O)Nc2ccc(F)cc2F)ccc1Br. The first-order valence-electron chi connectivity index (χ1n) is 5.53. The summed E-state index contributed by atoms with van der Waals surface area (Å²) in [4.78, 5) is 0.00178. The van der Waals surface area contributed by atoms with E-state index in [0.29, 0.717) is 6.07 Å². The molecule has 0 saturated carbocycles. The molecule has 1 N–H and O–H groups in total. The van der Waals surface area contributed by atoms with E-state index in [2.05, 4.69) is 20.7 Å². The van der Waals surface area contributed by atoms with Crippen molar-refractivity contribution in [3.05, 3.63) is 58.1 Å². The maximum Gasteiger partial charge on any atom is 0.261 e. The lowest BCUT2D eigenvalue weighted by molar-refractivity contribution is 0.583. The first kappa shape index (κ1) is 14.9. The predicted octanol–water partition coefficient (Wildman–Crippen LogP) is 3.84. The zero-order valence-corrected chi connectivity index (χ0v) is 12.7. The van der Waals surface area contributed by atoms with Gasteiger partial charge >= 0.3 is 0 Å². The summed E-state index contributed by atoms with van der Waals surface area (Å²) in [6.45, 7) is 1.74. The molecule has 0 radical (unpaired) electrons. The summed E-state index contributed by atoms with van der Waals surface area (Å²) >= 11 is 3.27. The molecule has 0 fully saturated rings. The summed E-state index contributed by atoms with van der Waals surface area (Å²) in [6, 6.07) is 7.06. The Kier molecular flexibility index (Phi) is 4.10. The summed E-state index contributed by atoms with van der Waals surface area (Å²) < 4.78 is 53.3. The van der Waals surface area contributed by atoms with Crippen molar-refractivity contribution in [3.63, 3.8) is 0 Å². The zero-order valence-electron chi connectivity index (χ0n) is 10.3. The molecule has 0 aliphatic carbocycles. The Bertz CT molecular complexity index is 763. The Labute approximate surface area is 123 Å². The van der Waals surface area contributed by atoms with Gasteiger partial charge < -0.3 is 0 Å². The van der Waals surface area contributed by atoms with E-state index >= 15 is 0 Å². The highest BCUT2D eigenvalue weighted by Gasteiger charge is 2.17. The molecule has 7 heteroatoms. The number of halogens is 3. The lowest BCUT2D eigenvalue weighted by atomic mass is 10.2. The van der Waals surface area contributed by atoms with Crippen LogP contribution in [0.2, 0.25) is 0 Å². The molecular formula is C13H10BrF2NO2S. The highest BCUT2D eigenvalue weighted by atomic mass is 79.9. The van der Waals surface area contributed by atoms with Gasteiger partial charge in [0.05, 0.1) is 10.6 Å². The second kappa shape index (κ2) is 5.49. The predicted molar refractivity (Wildman–Crippen MR) is 76.0 cm³/mol. The number of benzene rings is 2. The molecule has 2 aromatic carbocycles. The smallest absolute Gasteiger partial charge is 0.261 e. The van der Waals surface area contributed by atoms with Crippen LogP contribution in [-0.2, 0) is 10.0 Å². The second-order valence-electron chi connectivity index (χ2n) is 4.14. The van der Waals surface area contributed by atoms with E-state index in [-0.39, 0.29) is 10.6 Å². The third-order valence-corrected chi connectivity index (χ3v) is 4.87. The summed E-state index contributed by atoms with van der Waals surface area (Å²) in [5.74, 6) is -1.74. The molecule has 0 spiro atoms. The summed E-state index contributed by atoms with van der Waals surface area (Å²) in [6.07, 6.45) is 0. The fourth-order valence-electron chi connectivity index (χ4n) is 1.56. The number of aryl methyl sites for hydroxylation is 1. The highest BCUT2D eigenvalue weighted by Crippen LogP contribution is 2.23. The molecule has 0 amide bonds. The Balaban J connectivity index is 2.38. The molecule has 0 aliphatic rings. The normalized spacial score (nSPS) is 11.4. The number of hydrogen-bond donors (Lipinski definition) is 1. The summed E-state index contributed by atoms with van der Waals surface area (Å²) in [5, 5.41) is 0. The fraction of sp³-hybridized carbons (Fsp3) is 0.0769. The van der Waals surface area contributed by atoms with E-state index in [0.717, 1.165) is 22.2 Å². The average Bonchev–Trinajstić information content (AvgIpc) is 2.36. The van der Waals surface area contributed by atoms with Gasteiger partial charge in [0.15, 0.2) is 0 Å². The van der Waals surface area contributed by atoms with Crippen molar-refractivity contribution in [3.8, 4) is 0 Å². The van der Waals surface area contributed by atoms with Crippen LogP contribution in [0.5, 0.6) is 0 Å². The van der Waals surface area contributed by atoms with Gasteiger partial charge in [-0.2, -0.15) is 0 Å². The first-order chi connectivity index (χ1) is 9.29. The quantitative estimate of drug-likeness (QED) is 0.902. The van der Waals surface area contributed by atoms with Gasteiger partial charge in [0, 0.05) is 10.5 Å². The minimum atomic E-state index is -3.92. The second-order valence-corrected chi connectivity index (χ2v) is 6.68.